The summed E-state index contributed by atoms with van der Waals surface area (Å²) in [5.74, 6) is 1.06. The molecule has 10 heteroatoms. The fraction of sp³-hybridized carbons (Fsp3) is 0.435. The van der Waals surface area contributed by atoms with Crippen LogP contribution in [-0.2, 0) is 14.8 Å². The predicted molar refractivity (Wildman–Crippen MR) is 119 cm³/mol. The van der Waals surface area contributed by atoms with E-state index in [0.717, 1.165) is 30.0 Å². The Kier molecular flexibility index (Phi) is 5.57. The lowest BCUT2D eigenvalue weighted by atomic mass is 9.94. The van der Waals surface area contributed by atoms with Crippen molar-refractivity contribution in [1.29, 1.82) is 0 Å². The molecule has 2 aliphatic heterocycles. The summed E-state index contributed by atoms with van der Waals surface area (Å²) in [6.45, 7) is 0.417. The zero-order chi connectivity index (χ0) is 23.1. The smallest absolute Gasteiger partial charge is 0.251 e. The van der Waals surface area contributed by atoms with Crippen molar-refractivity contribution in [2.75, 3.05) is 32.1 Å². The van der Waals surface area contributed by atoms with Crippen LogP contribution in [0.15, 0.2) is 41.3 Å². The predicted octanol–water partition coefficient (Wildman–Crippen LogP) is 3.15. The summed E-state index contributed by atoms with van der Waals surface area (Å²) in [5, 5.41) is 2.74. The quantitative estimate of drug-likeness (QED) is 0.710. The first-order chi connectivity index (χ1) is 15.8. The molecule has 1 N–H and O–H groups in total. The number of amides is 1. The van der Waals surface area contributed by atoms with E-state index in [1.807, 2.05) is 0 Å². The van der Waals surface area contributed by atoms with Crippen molar-refractivity contribution >= 4 is 21.6 Å². The Morgan fingerprint density at radius 1 is 0.939 bits per heavy atom. The highest BCUT2D eigenvalue weighted by atomic mass is 32.2. The lowest BCUT2D eigenvalue weighted by molar-refractivity contribution is -0.116. The summed E-state index contributed by atoms with van der Waals surface area (Å²) in [6.07, 6.45) is 4.97. The summed E-state index contributed by atoms with van der Waals surface area (Å²) in [7, 11) is -2.54. The van der Waals surface area contributed by atoms with Gasteiger partial charge in [-0.3, -0.25) is 4.79 Å². The number of nitrogens with one attached hydrogen (secondary N) is 1. The van der Waals surface area contributed by atoms with Gasteiger partial charge in [0.2, 0.25) is 15.9 Å². The van der Waals surface area contributed by atoms with E-state index in [4.69, 9.17) is 18.9 Å². The van der Waals surface area contributed by atoms with Gasteiger partial charge in [-0.25, -0.2) is 8.42 Å². The molecule has 3 aliphatic rings. The van der Waals surface area contributed by atoms with Crippen molar-refractivity contribution in [2.24, 2.45) is 0 Å². The highest BCUT2D eigenvalue weighted by Crippen LogP contribution is 2.46. The Labute approximate surface area is 192 Å². The second-order valence-corrected chi connectivity index (χ2v) is 10.5. The third-order valence-corrected chi connectivity index (χ3v) is 7.82. The molecule has 1 spiro atoms. The van der Waals surface area contributed by atoms with E-state index in [9.17, 15) is 13.2 Å². The van der Waals surface area contributed by atoms with E-state index in [1.54, 1.807) is 24.3 Å². The summed E-state index contributed by atoms with van der Waals surface area (Å²) in [5.41, 5.74) is 0.514. The fourth-order valence-electron chi connectivity index (χ4n) is 4.32. The van der Waals surface area contributed by atoms with Crippen LogP contribution in [0, 0.1) is 0 Å². The van der Waals surface area contributed by atoms with Crippen LogP contribution in [0.1, 0.15) is 32.1 Å². The number of sulfonamides is 1. The molecule has 0 atom stereocenters. The molecule has 176 valence electrons. The molecule has 0 unspecified atom stereocenters. The molecule has 0 radical (unpaired) electrons. The van der Waals surface area contributed by atoms with E-state index in [0.29, 0.717) is 41.9 Å². The van der Waals surface area contributed by atoms with Gasteiger partial charge in [-0.2, -0.15) is 4.31 Å². The van der Waals surface area contributed by atoms with E-state index in [2.05, 4.69) is 5.32 Å². The van der Waals surface area contributed by atoms with E-state index in [1.165, 1.54) is 25.6 Å². The van der Waals surface area contributed by atoms with Gasteiger partial charge in [0, 0.05) is 37.7 Å². The maximum absolute atomic E-state index is 12.9. The van der Waals surface area contributed by atoms with Gasteiger partial charge in [0.25, 0.3) is 5.79 Å². The monoisotopic (exact) mass is 474 g/mol. The van der Waals surface area contributed by atoms with Crippen LogP contribution in [0.5, 0.6) is 23.0 Å². The largest absolute Gasteiger partial charge is 0.486 e. The number of nitrogens with zero attached hydrogens (tertiary/aromatic N) is 1. The molecule has 2 aromatic carbocycles. The lowest BCUT2D eigenvalue weighted by Crippen LogP contribution is -2.40. The van der Waals surface area contributed by atoms with Gasteiger partial charge in [-0.1, -0.05) is 6.42 Å². The third kappa shape index (κ3) is 4.32. The van der Waals surface area contributed by atoms with Gasteiger partial charge >= 0.3 is 0 Å². The van der Waals surface area contributed by atoms with E-state index < -0.39 is 21.7 Å². The minimum Gasteiger partial charge on any atom is -0.486 e. The minimum atomic E-state index is -3.90. The SMILES string of the molecule is CN(CC(=O)Nc1ccc2c(c1)OC1(CCCCC1)O2)S(=O)(=O)c1ccc2c(c1)OCCO2. The van der Waals surface area contributed by atoms with Gasteiger partial charge in [0.1, 0.15) is 13.2 Å². The Balaban J connectivity index is 1.24. The maximum Gasteiger partial charge on any atom is 0.251 e. The Hall–Kier alpha value is -2.98. The van der Waals surface area contributed by atoms with Gasteiger partial charge in [-0.05, 0) is 37.1 Å². The molecule has 2 aromatic rings. The average molecular weight is 475 g/mol. The second-order valence-electron chi connectivity index (χ2n) is 8.45. The van der Waals surface area contributed by atoms with Crippen LogP contribution >= 0.6 is 0 Å². The summed E-state index contributed by atoms with van der Waals surface area (Å²) < 4.78 is 49.9. The number of carbonyl (C=O) groups excluding carboxylic acids is 1. The number of ether oxygens (including phenoxy) is 4. The third-order valence-electron chi connectivity index (χ3n) is 6.02. The zero-order valence-corrected chi connectivity index (χ0v) is 19.2. The first kappa shape index (κ1) is 21.8. The normalized spacial score (nSPS) is 18.4. The minimum absolute atomic E-state index is 0.0305. The molecule has 33 heavy (non-hydrogen) atoms. The molecule has 1 fully saturated rings. The molecule has 1 amide bonds. The van der Waals surface area contributed by atoms with Crippen LogP contribution in [0.2, 0.25) is 0 Å². The molecular formula is C23H26N2O7S. The summed E-state index contributed by atoms with van der Waals surface area (Å²) in [4.78, 5) is 12.6. The highest BCUT2D eigenvalue weighted by Gasteiger charge is 2.42. The number of carbonyl (C=O) groups is 1. The van der Waals surface area contributed by atoms with Crippen LogP contribution in [0.25, 0.3) is 0 Å². The molecular weight excluding hydrogens is 448 g/mol. The van der Waals surface area contributed by atoms with E-state index in [-0.39, 0.29) is 11.4 Å². The molecule has 9 nitrogen and oxygen atoms in total. The Bertz CT molecular complexity index is 1180. The van der Waals surface area contributed by atoms with Crippen molar-refractivity contribution in [1.82, 2.24) is 4.31 Å². The number of hydrogen-bond acceptors (Lipinski definition) is 7. The molecule has 0 saturated heterocycles. The first-order valence-electron chi connectivity index (χ1n) is 11.0. The molecule has 5 rings (SSSR count). The van der Waals surface area contributed by atoms with Crippen molar-refractivity contribution in [2.45, 2.75) is 42.8 Å². The van der Waals surface area contributed by atoms with Gasteiger partial charge in [-0.15, -0.1) is 0 Å². The van der Waals surface area contributed by atoms with Gasteiger partial charge in [0.15, 0.2) is 23.0 Å². The number of fused-ring (bicyclic) bond motifs is 2. The van der Waals surface area contributed by atoms with Crippen molar-refractivity contribution in [3.63, 3.8) is 0 Å². The number of anilines is 1. The van der Waals surface area contributed by atoms with Crippen molar-refractivity contribution in [3.8, 4) is 23.0 Å². The lowest BCUT2D eigenvalue weighted by Gasteiger charge is -2.31. The number of rotatable bonds is 5. The first-order valence-corrected chi connectivity index (χ1v) is 12.5. The van der Waals surface area contributed by atoms with Crippen LogP contribution in [-0.4, -0.2) is 51.2 Å². The summed E-state index contributed by atoms with van der Waals surface area (Å²) in [6, 6.07) is 9.61. The van der Waals surface area contributed by atoms with Crippen LogP contribution < -0.4 is 24.3 Å². The van der Waals surface area contributed by atoms with Gasteiger partial charge in [0.05, 0.1) is 11.4 Å². The topological polar surface area (TPSA) is 103 Å². The second kappa shape index (κ2) is 8.42. The Morgan fingerprint density at radius 3 is 2.42 bits per heavy atom. The van der Waals surface area contributed by atoms with Gasteiger partial charge < -0.3 is 24.3 Å². The molecule has 1 saturated carbocycles. The number of hydrogen-bond donors (Lipinski definition) is 1. The molecule has 0 bridgehead atoms. The maximum atomic E-state index is 12.9. The Morgan fingerprint density at radius 2 is 1.64 bits per heavy atom. The standard InChI is InChI=1S/C23H26N2O7S/c1-25(33(27,28)17-6-8-18-20(14-17)30-12-11-29-18)15-22(26)24-16-5-7-19-21(13-16)32-23(31-19)9-3-2-4-10-23/h5-8,13-14H,2-4,9-12,15H2,1H3,(H,24,26). The summed E-state index contributed by atoms with van der Waals surface area (Å²) >= 11 is 0. The van der Waals surface area contributed by atoms with Crippen molar-refractivity contribution in [3.05, 3.63) is 36.4 Å². The fourth-order valence-corrected chi connectivity index (χ4v) is 5.46. The highest BCUT2D eigenvalue weighted by molar-refractivity contribution is 7.89. The molecule has 2 heterocycles. The molecule has 0 aromatic heterocycles. The number of likely N-dealkylation sites (N-methyl/N-ethyl adjacent to an activating group) is 1. The average Bonchev–Trinajstić information content (AvgIpc) is 3.15. The zero-order valence-electron chi connectivity index (χ0n) is 18.3. The van der Waals surface area contributed by atoms with E-state index >= 15 is 0 Å². The molecule has 1 aliphatic carbocycles. The van der Waals surface area contributed by atoms with Crippen LogP contribution in [0.3, 0.4) is 0 Å². The number of benzene rings is 2. The van der Waals surface area contributed by atoms with Crippen molar-refractivity contribution < 1.29 is 32.2 Å². The van der Waals surface area contributed by atoms with Crippen LogP contribution in [0.4, 0.5) is 5.69 Å².